The molecule has 3 aromatic rings. The fourth-order valence-electron chi connectivity index (χ4n) is 3.26. The molecule has 0 unspecified atom stereocenters. The lowest BCUT2D eigenvalue weighted by atomic mass is 10.0. The normalized spacial score (nSPS) is 13.7. The predicted molar refractivity (Wildman–Crippen MR) is 119 cm³/mol. The molecule has 1 aliphatic rings. The monoisotopic (exact) mass is 436 g/mol. The minimum absolute atomic E-state index is 0.271. The Morgan fingerprint density at radius 1 is 1.03 bits per heavy atom. The summed E-state index contributed by atoms with van der Waals surface area (Å²) >= 11 is 6.12. The fraction of sp³-hybridized carbons (Fsp3) is 0.174. The Labute approximate surface area is 184 Å². The molecule has 158 valence electrons. The largest absolute Gasteiger partial charge is 0.457 e. The van der Waals surface area contributed by atoms with Crippen LogP contribution in [0.2, 0.25) is 5.02 Å². The van der Waals surface area contributed by atoms with Gasteiger partial charge in [-0.1, -0.05) is 35.9 Å². The van der Waals surface area contributed by atoms with Gasteiger partial charge in [0.25, 0.3) is 5.91 Å². The van der Waals surface area contributed by atoms with Crippen molar-refractivity contribution in [3.8, 4) is 11.5 Å². The molecule has 4 rings (SSSR count). The molecule has 3 amide bonds. The van der Waals surface area contributed by atoms with E-state index in [1.807, 2.05) is 30.3 Å². The maximum Gasteiger partial charge on any atom is 0.319 e. The molecule has 1 aromatic heterocycles. The number of ether oxygens (including phenoxy) is 1. The number of carbonyl (C=O) groups is 2. The second-order valence-corrected chi connectivity index (χ2v) is 7.63. The first-order valence-corrected chi connectivity index (χ1v) is 10.2. The Morgan fingerprint density at radius 3 is 2.55 bits per heavy atom. The molecule has 1 saturated carbocycles. The third-order valence-electron chi connectivity index (χ3n) is 5.04. The number of rotatable bonds is 6. The van der Waals surface area contributed by atoms with Crippen LogP contribution in [0.25, 0.3) is 0 Å². The number of benzene rings is 2. The highest BCUT2D eigenvalue weighted by Crippen LogP contribution is 2.46. The molecule has 3 N–H and O–H groups in total. The van der Waals surface area contributed by atoms with Crippen molar-refractivity contribution in [1.29, 1.82) is 0 Å². The van der Waals surface area contributed by atoms with Crippen molar-refractivity contribution < 1.29 is 14.3 Å². The molecule has 0 aliphatic heterocycles. The quantitative estimate of drug-likeness (QED) is 0.522. The molecule has 0 spiro atoms. The van der Waals surface area contributed by atoms with E-state index in [-0.39, 0.29) is 17.6 Å². The van der Waals surface area contributed by atoms with Gasteiger partial charge in [-0.25, -0.2) is 4.79 Å². The van der Waals surface area contributed by atoms with Gasteiger partial charge in [0, 0.05) is 19.3 Å². The van der Waals surface area contributed by atoms with E-state index in [0.29, 0.717) is 22.2 Å². The van der Waals surface area contributed by atoms with E-state index in [2.05, 4.69) is 20.9 Å². The summed E-state index contributed by atoms with van der Waals surface area (Å²) in [6.45, 7) is 0. The highest BCUT2D eigenvalue weighted by molar-refractivity contribution is 6.33. The maximum atomic E-state index is 12.5. The first kappa shape index (κ1) is 20.7. The summed E-state index contributed by atoms with van der Waals surface area (Å²) in [7, 11) is 1.55. The van der Waals surface area contributed by atoms with Gasteiger partial charge in [-0.05, 0) is 48.7 Å². The van der Waals surface area contributed by atoms with Gasteiger partial charge < -0.3 is 20.7 Å². The molecular formula is C23H21ClN4O3. The molecule has 1 fully saturated rings. The molecule has 2 aromatic carbocycles. The Morgan fingerprint density at radius 2 is 1.81 bits per heavy atom. The second-order valence-electron chi connectivity index (χ2n) is 7.23. The van der Waals surface area contributed by atoms with Crippen LogP contribution in [0, 0.1) is 0 Å². The lowest BCUT2D eigenvalue weighted by Gasteiger charge is -2.19. The number of aromatic nitrogens is 1. The van der Waals surface area contributed by atoms with Crippen molar-refractivity contribution in [3.05, 3.63) is 83.1 Å². The summed E-state index contributed by atoms with van der Waals surface area (Å²) in [5.74, 6) is 0.816. The zero-order valence-corrected chi connectivity index (χ0v) is 17.6. The number of para-hydroxylation sites is 1. The number of pyridine rings is 1. The molecule has 1 aliphatic carbocycles. The van der Waals surface area contributed by atoms with E-state index in [9.17, 15) is 9.59 Å². The van der Waals surface area contributed by atoms with E-state index >= 15 is 0 Å². The van der Waals surface area contributed by atoms with Crippen LogP contribution in [0.4, 0.5) is 10.5 Å². The summed E-state index contributed by atoms with van der Waals surface area (Å²) < 4.78 is 5.93. The Hall–Kier alpha value is -3.58. The Balaban J connectivity index is 1.47. The lowest BCUT2D eigenvalue weighted by Crippen LogP contribution is -2.38. The first-order chi connectivity index (χ1) is 15.0. The number of amides is 3. The zero-order valence-electron chi connectivity index (χ0n) is 16.8. The van der Waals surface area contributed by atoms with Crippen molar-refractivity contribution in [2.75, 3.05) is 12.4 Å². The van der Waals surface area contributed by atoms with Crippen molar-refractivity contribution in [2.24, 2.45) is 0 Å². The highest BCUT2D eigenvalue weighted by atomic mass is 35.5. The standard InChI is InChI=1S/C23H21ClN4O3/c1-25-21(29)20-14-17(9-12-26-20)31-16-6-4-5-15(13-16)23(10-11-23)28-22(30)27-19-8-3-2-7-18(19)24/h2-9,12-14H,10-11H2,1H3,(H,25,29)(H2,27,28,30). The van der Waals surface area contributed by atoms with Crippen LogP contribution in [0.1, 0.15) is 28.9 Å². The van der Waals surface area contributed by atoms with Crippen LogP contribution in [0.5, 0.6) is 11.5 Å². The van der Waals surface area contributed by atoms with Crippen molar-refractivity contribution >= 4 is 29.2 Å². The molecular weight excluding hydrogens is 416 g/mol. The molecule has 1 heterocycles. The van der Waals surface area contributed by atoms with Gasteiger partial charge in [-0.2, -0.15) is 0 Å². The number of hydrogen-bond donors (Lipinski definition) is 3. The number of halogens is 1. The van der Waals surface area contributed by atoms with E-state index in [0.717, 1.165) is 18.4 Å². The van der Waals surface area contributed by atoms with Gasteiger partial charge >= 0.3 is 6.03 Å². The van der Waals surface area contributed by atoms with Crippen molar-refractivity contribution in [1.82, 2.24) is 15.6 Å². The van der Waals surface area contributed by atoms with Crippen LogP contribution in [-0.2, 0) is 5.54 Å². The molecule has 0 saturated heterocycles. The van der Waals surface area contributed by atoms with Crippen molar-refractivity contribution in [2.45, 2.75) is 18.4 Å². The van der Waals surface area contributed by atoms with E-state index in [1.54, 1.807) is 37.4 Å². The zero-order chi connectivity index (χ0) is 21.8. The topological polar surface area (TPSA) is 92.4 Å². The predicted octanol–water partition coefficient (Wildman–Crippen LogP) is 4.70. The fourth-order valence-corrected chi connectivity index (χ4v) is 3.45. The van der Waals surface area contributed by atoms with Gasteiger partial charge in [0.2, 0.25) is 0 Å². The molecule has 0 atom stereocenters. The van der Waals surface area contributed by atoms with E-state index in [4.69, 9.17) is 16.3 Å². The molecule has 0 bridgehead atoms. The van der Waals surface area contributed by atoms with E-state index in [1.165, 1.54) is 6.20 Å². The summed E-state index contributed by atoms with van der Waals surface area (Å²) in [6.07, 6.45) is 3.16. The summed E-state index contributed by atoms with van der Waals surface area (Å²) in [4.78, 5) is 28.4. The van der Waals surface area contributed by atoms with Gasteiger partial charge in [0.1, 0.15) is 17.2 Å². The average Bonchev–Trinajstić information content (AvgIpc) is 3.55. The van der Waals surface area contributed by atoms with Crippen LogP contribution in [0.3, 0.4) is 0 Å². The maximum absolute atomic E-state index is 12.5. The van der Waals surface area contributed by atoms with Crippen molar-refractivity contribution in [3.63, 3.8) is 0 Å². The highest BCUT2D eigenvalue weighted by Gasteiger charge is 2.46. The molecule has 8 heteroatoms. The van der Waals surface area contributed by atoms with Gasteiger partial charge in [-0.3, -0.25) is 9.78 Å². The average molecular weight is 437 g/mol. The number of nitrogens with zero attached hydrogens (tertiary/aromatic N) is 1. The summed E-state index contributed by atoms with van der Waals surface area (Å²) in [5.41, 5.74) is 1.32. The SMILES string of the molecule is CNC(=O)c1cc(Oc2cccc(C3(NC(=O)Nc4ccccc4Cl)CC3)c2)ccn1. The number of urea groups is 1. The van der Waals surface area contributed by atoms with Gasteiger partial charge in [-0.15, -0.1) is 0 Å². The smallest absolute Gasteiger partial charge is 0.319 e. The number of hydrogen-bond acceptors (Lipinski definition) is 4. The van der Waals surface area contributed by atoms with Crippen LogP contribution < -0.4 is 20.7 Å². The van der Waals surface area contributed by atoms with Gasteiger partial charge in [0.15, 0.2) is 0 Å². The minimum atomic E-state index is -0.448. The molecule has 7 nitrogen and oxygen atoms in total. The summed E-state index contributed by atoms with van der Waals surface area (Å²) in [5, 5.41) is 8.87. The third-order valence-corrected chi connectivity index (χ3v) is 5.37. The summed E-state index contributed by atoms with van der Waals surface area (Å²) in [6, 6.07) is 17.6. The van der Waals surface area contributed by atoms with Crippen LogP contribution in [0.15, 0.2) is 66.9 Å². The Bertz CT molecular complexity index is 1130. The molecule has 31 heavy (non-hydrogen) atoms. The Kier molecular flexibility index (Phi) is 5.77. The number of carbonyl (C=O) groups excluding carboxylic acids is 2. The minimum Gasteiger partial charge on any atom is -0.457 e. The first-order valence-electron chi connectivity index (χ1n) is 9.79. The number of nitrogens with one attached hydrogen (secondary N) is 3. The van der Waals surface area contributed by atoms with Gasteiger partial charge in [0.05, 0.1) is 16.2 Å². The molecule has 0 radical (unpaired) electrons. The third kappa shape index (κ3) is 4.78. The van der Waals surface area contributed by atoms with Crippen LogP contribution in [-0.4, -0.2) is 24.0 Å². The second kappa shape index (κ2) is 8.65. The van der Waals surface area contributed by atoms with Crippen LogP contribution >= 0.6 is 11.6 Å². The number of anilines is 1. The van der Waals surface area contributed by atoms with E-state index < -0.39 is 5.54 Å². The lowest BCUT2D eigenvalue weighted by molar-refractivity contribution is 0.0958.